The van der Waals surface area contributed by atoms with Crippen LogP contribution < -0.4 is 14.8 Å². The summed E-state index contributed by atoms with van der Waals surface area (Å²) in [6, 6.07) is 11.4. The molecule has 152 valence electrons. The van der Waals surface area contributed by atoms with Gasteiger partial charge >= 0.3 is 0 Å². The summed E-state index contributed by atoms with van der Waals surface area (Å²) in [5, 5.41) is 15.2. The van der Waals surface area contributed by atoms with Gasteiger partial charge < -0.3 is 14.8 Å². The lowest BCUT2D eigenvalue weighted by Gasteiger charge is -2.30. The van der Waals surface area contributed by atoms with E-state index in [0.717, 1.165) is 5.56 Å². The molecule has 8 nitrogen and oxygen atoms in total. The SMILES string of the molecule is CCOc1ccc([C@@H]2CN(C)[C@@]3(C(=O)Nc4ccccc43)[C@H]2[N+](=O)[O-])cc1OC. The van der Waals surface area contributed by atoms with Crippen molar-refractivity contribution in [3.05, 3.63) is 63.7 Å². The second-order valence-corrected chi connectivity index (χ2v) is 7.33. The Morgan fingerprint density at radius 1 is 1.28 bits per heavy atom. The van der Waals surface area contributed by atoms with E-state index in [2.05, 4.69) is 5.32 Å². The van der Waals surface area contributed by atoms with Crippen molar-refractivity contribution in [2.24, 2.45) is 0 Å². The number of para-hydroxylation sites is 1. The molecule has 4 rings (SSSR count). The van der Waals surface area contributed by atoms with E-state index in [1.165, 1.54) is 7.11 Å². The van der Waals surface area contributed by atoms with Gasteiger partial charge in [0.25, 0.3) is 11.9 Å². The van der Waals surface area contributed by atoms with Crippen molar-refractivity contribution in [2.45, 2.75) is 24.4 Å². The molecule has 2 aliphatic rings. The fourth-order valence-corrected chi connectivity index (χ4v) is 4.77. The summed E-state index contributed by atoms with van der Waals surface area (Å²) in [6.45, 7) is 2.73. The van der Waals surface area contributed by atoms with Crippen LogP contribution in [0.1, 0.15) is 24.0 Å². The molecule has 2 aromatic rings. The van der Waals surface area contributed by atoms with Gasteiger partial charge in [0.05, 0.1) is 19.6 Å². The number of benzene rings is 2. The molecule has 0 radical (unpaired) electrons. The van der Waals surface area contributed by atoms with E-state index in [-0.39, 0.29) is 10.8 Å². The van der Waals surface area contributed by atoms with Crippen molar-refractivity contribution in [1.29, 1.82) is 0 Å². The van der Waals surface area contributed by atoms with E-state index >= 15 is 0 Å². The van der Waals surface area contributed by atoms with Crippen LogP contribution in [0.3, 0.4) is 0 Å². The van der Waals surface area contributed by atoms with Crippen LogP contribution in [0.15, 0.2) is 42.5 Å². The van der Waals surface area contributed by atoms with Crippen LogP contribution in [0.2, 0.25) is 0 Å². The molecule has 2 aliphatic heterocycles. The number of nitrogens with one attached hydrogen (secondary N) is 1. The molecule has 8 heteroatoms. The number of amides is 1. The molecule has 1 amide bonds. The first kappa shape index (κ1) is 19.2. The third-order valence-corrected chi connectivity index (χ3v) is 5.96. The monoisotopic (exact) mass is 397 g/mol. The summed E-state index contributed by atoms with van der Waals surface area (Å²) >= 11 is 0. The van der Waals surface area contributed by atoms with E-state index < -0.39 is 17.5 Å². The summed E-state index contributed by atoms with van der Waals surface area (Å²) in [4.78, 5) is 26.9. The number of anilines is 1. The van der Waals surface area contributed by atoms with Crippen LogP contribution in [0, 0.1) is 10.1 Å². The number of hydrogen-bond acceptors (Lipinski definition) is 6. The van der Waals surface area contributed by atoms with Crippen LogP contribution in [0.5, 0.6) is 11.5 Å². The lowest BCUT2D eigenvalue weighted by Crippen LogP contribution is -2.54. The maximum Gasteiger partial charge on any atom is 0.256 e. The van der Waals surface area contributed by atoms with Crippen molar-refractivity contribution in [1.82, 2.24) is 4.90 Å². The van der Waals surface area contributed by atoms with E-state index in [9.17, 15) is 14.9 Å². The lowest BCUT2D eigenvalue weighted by molar-refractivity contribution is -0.534. The number of likely N-dealkylation sites (N-methyl/N-ethyl adjacent to an activating group) is 1. The molecular weight excluding hydrogens is 374 g/mol. The van der Waals surface area contributed by atoms with Crippen molar-refractivity contribution >= 4 is 11.6 Å². The largest absolute Gasteiger partial charge is 0.493 e. The molecule has 2 aromatic carbocycles. The minimum absolute atomic E-state index is 0.321. The number of likely N-dealkylation sites (tertiary alicyclic amines) is 1. The summed E-state index contributed by atoms with van der Waals surface area (Å²) in [5.41, 5.74) is 0.667. The van der Waals surface area contributed by atoms with Crippen molar-refractivity contribution < 1.29 is 19.2 Å². The normalized spacial score (nSPS) is 25.7. The third kappa shape index (κ3) is 2.66. The van der Waals surface area contributed by atoms with Gasteiger partial charge in [0.15, 0.2) is 17.0 Å². The fraction of sp³-hybridized carbons (Fsp3) is 0.381. The topological polar surface area (TPSA) is 93.9 Å². The third-order valence-electron chi connectivity index (χ3n) is 5.96. The molecule has 2 heterocycles. The summed E-state index contributed by atoms with van der Waals surface area (Å²) in [6.07, 6.45) is 0. The molecule has 29 heavy (non-hydrogen) atoms. The summed E-state index contributed by atoms with van der Waals surface area (Å²) in [5.74, 6) is 0.257. The van der Waals surface area contributed by atoms with Gasteiger partial charge in [-0.3, -0.25) is 19.8 Å². The summed E-state index contributed by atoms with van der Waals surface area (Å²) < 4.78 is 11.0. The lowest BCUT2D eigenvalue weighted by atomic mass is 9.79. The van der Waals surface area contributed by atoms with Gasteiger partial charge in [-0.05, 0) is 37.7 Å². The minimum Gasteiger partial charge on any atom is -0.493 e. The molecule has 0 aliphatic carbocycles. The average molecular weight is 397 g/mol. The molecule has 3 atom stereocenters. The molecule has 0 bridgehead atoms. The van der Waals surface area contributed by atoms with Gasteiger partial charge in [0, 0.05) is 22.7 Å². The molecule has 1 fully saturated rings. The average Bonchev–Trinajstić information content (AvgIpc) is 3.18. The molecule has 1 spiro atoms. The zero-order chi connectivity index (χ0) is 20.8. The van der Waals surface area contributed by atoms with E-state index in [4.69, 9.17) is 9.47 Å². The smallest absolute Gasteiger partial charge is 0.256 e. The molecule has 0 unspecified atom stereocenters. The highest BCUT2D eigenvalue weighted by molar-refractivity contribution is 6.06. The predicted molar refractivity (Wildman–Crippen MR) is 107 cm³/mol. The van der Waals surface area contributed by atoms with Gasteiger partial charge in [-0.2, -0.15) is 0 Å². The van der Waals surface area contributed by atoms with Crippen molar-refractivity contribution in [3.63, 3.8) is 0 Å². The zero-order valence-electron chi connectivity index (χ0n) is 16.5. The maximum atomic E-state index is 13.1. The number of nitrogens with zero attached hydrogens (tertiary/aromatic N) is 2. The number of ether oxygens (including phenoxy) is 2. The van der Waals surface area contributed by atoms with Gasteiger partial charge in [-0.25, -0.2) is 0 Å². The summed E-state index contributed by atoms with van der Waals surface area (Å²) in [7, 11) is 3.31. The van der Waals surface area contributed by atoms with Gasteiger partial charge in [0.2, 0.25) is 0 Å². The predicted octanol–water partition coefficient (Wildman–Crippen LogP) is 2.62. The number of carbonyl (C=O) groups is 1. The van der Waals surface area contributed by atoms with Gasteiger partial charge in [0.1, 0.15) is 0 Å². The quantitative estimate of drug-likeness (QED) is 0.616. The molecule has 0 saturated carbocycles. The second-order valence-electron chi connectivity index (χ2n) is 7.33. The van der Waals surface area contributed by atoms with E-state index in [1.807, 2.05) is 19.1 Å². The van der Waals surface area contributed by atoms with Crippen molar-refractivity contribution in [2.75, 3.05) is 32.6 Å². The Labute approximate surface area is 168 Å². The molecule has 1 saturated heterocycles. The van der Waals surface area contributed by atoms with Crippen LogP contribution in [-0.2, 0) is 10.3 Å². The van der Waals surface area contributed by atoms with Crippen molar-refractivity contribution in [3.8, 4) is 11.5 Å². The van der Waals surface area contributed by atoms with E-state index in [1.54, 1.807) is 42.3 Å². The highest BCUT2D eigenvalue weighted by atomic mass is 16.6. The fourth-order valence-electron chi connectivity index (χ4n) is 4.77. The van der Waals surface area contributed by atoms with Gasteiger partial charge in [-0.15, -0.1) is 0 Å². The Kier molecular flexibility index (Phi) is 4.66. The molecular formula is C21H23N3O5. The van der Waals surface area contributed by atoms with Crippen LogP contribution in [0.4, 0.5) is 5.69 Å². The number of rotatable bonds is 5. The first-order valence-electron chi connectivity index (χ1n) is 9.51. The Morgan fingerprint density at radius 3 is 2.72 bits per heavy atom. The minimum atomic E-state index is -1.35. The molecule has 1 N–H and O–H groups in total. The zero-order valence-corrected chi connectivity index (χ0v) is 16.5. The Hall–Kier alpha value is -3.13. The number of carbonyl (C=O) groups excluding carboxylic acids is 1. The number of nitro groups is 1. The Bertz CT molecular complexity index is 979. The van der Waals surface area contributed by atoms with Crippen LogP contribution >= 0.6 is 0 Å². The number of hydrogen-bond donors (Lipinski definition) is 1. The van der Waals surface area contributed by atoms with Crippen LogP contribution in [-0.4, -0.2) is 49.1 Å². The second kappa shape index (κ2) is 7.04. The number of fused-ring (bicyclic) bond motifs is 2. The Balaban J connectivity index is 1.84. The maximum absolute atomic E-state index is 13.1. The number of methoxy groups -OCH3 is 1. The molecule has 0 aromatic heterocycles. The first-order chi connectivity index (χ1) is 13.9. The standard InChI is InChI=1S/C21H23N3O5/c1-4-29-17-10-9-13(11-18(17)28-3)14-12-23(2)21(19(14)24(26)27)15-7-5-6-8-16(15)22-20(21)25/h5-11,14,19H,4,12H2,1-3H3,(H,22,25)/t14-,19-,21+/m0/s1. The Morgan fingerprint density at radius 2 is 2.03 bits per heavy atom. The first-order valence-corrected chi connectivity index (χ1v) is 9.51. The van der Waals surface area contributed by atoms with Crippen LogP contribution in [0.25, 0.3) is 0 Å². The highest BCUT2D eigenvalue weighted by Gasteiger charge is 2.68. The highest BCUT2D eigenvalue weighted by Crippen LogP contribution is 2.52. The van der Waals surface area contributed by atoms with Gasteiger partial charge in [-0.1, -0.05) is 24.3 Å². The van der Waals surface area contributed by atoms with E-state index in [0.29, 0.717) is 35.9 Å².